The van der Waals surface area contributed by atoms with Gasteiger partial charge in [0.2, 0.25) is 0 Å². The standard InChI is InChI=1S/C11H11ClN2/c1-8-9(3-2-4-10(8)12)7-11-13-5-6-14-11/h2-6H,7H2,1H3,(H,13,14). The number of imidazole rings is 1. The van der Waals surface area contributed by atoms with Crippen LogP contribution in [0.4, 0.5) is 0 Å². The number of H-pyrrole nitrogens is 1. The molecule has 0 unspecified atom stereocenters. The zero-order valence-corrected chi connectivity index (χ0v) is 8.67. The van der Waals surface area contributed by atoms with Crippen LogP contribution in [0.25, 0.3) is 0 Å². The van der Waals surface area contributed by atoms with Crippen LogP contribution in [0.3, 0.4) is 0 Å². The monoisotopic (exact) mass is 206 g/mol. The highest BCUT2D eigenvalue weighted by Gasteiger charge is 2.03. The highest BCUT2D eigenvalue weighted by Crippen LogP contribution is 2.20. The van der Waals surface area contributed by atoms with E-state index in [9.17, 15) is 0 Å². The van der Waals surface area contributed by atoms with E-state index in [1.54, 1.807) is 6.20 Å². The lowest BCUT2D eigenvalue weighted by atomic mass is 10.1. The molecule has 1 aromatic carbocycles. The van der Waals surface area contributed by atoms with Crippen LogP contribution in [0.1, 0.15) is 17.0 Å². The molecule has 1 heterocycles. The Bertz CT molecular complexity index is 421. The average Bonchev–Trinajstić information content (AvgIpc) is 2.66. The number of halogens is 1. The van der Waals surface area contributed by atoms with Gasteiger partial charge < -0.3 is 4.98 Å². The molecule has 0 atom stereocenters. The van der Waals surface area contributed by atoms with Crippen LogP contribution in [0, 0.1) is 6.92 Å². The van der Waals surface area contributed by atoms with Gasteiger partial charge in [-0.25, -0.2) is 4.98 Å². The van der Waals surface area contributed by atoms with E-state index in [1.807, 2.05) is 25.3 Å². The lowest BCUT2D eigenvalue weighted by Gasteiger charge is -2.04. The van der Waals surface area contributed by atoms with Gasteiger partial charge in [-0.15, -0.1) is 0 Å². The minimum Gasteiger partial charge on any atom is -0.348 e. The molecule has 0 aliphatic heterocycles. The van der Waals surface area contributed by atoms with E-state index in [1.165, 1.54) is 5.56 Å². The molecule has 2 aromatic rings. The van der Waals surface area contributed by atoms with E-state index in [0.29, 0.717) is 0 Å². The quantitative estimate of drug-likeness (QED) is 0.804. The van der Waals surface area contributed by atoms with Crippen LogP contribution in [-0.4, -0.2) is 9.97 Å². The van der Waals surface area contributed by atoms with Crippen molar-refractivity contribution in [2.24, 2.45) is 0 Å². The van der Waals surface area contributed by atoms with Crippen molar-refractivity contribution in [3.05, 3.63) is 52.6 Å². The van der Waals surface area contributed by atoms with E-state index >= 15 is 0 Å². The van der Waals surface area contributed by atoms with Crippen LogP contribution in [-0.2, 0) is 6.42 Å². The summed E-state index contributed by atoms with van der Waals surface area (Å²) in [7, 11) is 0. The second-order valence-electron chi connectivity index (χ2n) is 3.24. The van der Waals surface area contributed by atoms with E-state index in [2.05, 4.69) is 16.0 Å². The number of nitrogens with one attached hydrogen (secondary N) is 1. The lowest BCUT2D eigenvalue weighted by molar-refractivity contribution is 1.01. The molecular formula is C11H11ClN2. The third-order valence-corrected chi connectivity index (χ3v) is 2.70. The molecule has 0 aliphatic rings. The maximum Gasteiger partial charge on any atom is 0.110 e. The SMILES string of the molecule is Cc1c(Cl)cccc1Cc1ncc[nH]1. The molecule has 0 amide bonds. The molecule has 72 valence electrons. The summed E-state index contributed by atoms with van der Waals surface area (Å²) in [6.07, 6.45) is 4.39. The van der Waals surface area contributed by atoms with Crippen molar-refractivity contribution in [3.63, 3.8) is 0 Å². The van der Waals surface area contributed by atoms with Gasteiger partial charge in [0, 0.05) is 23.8 Å². The van der Waals surface area contributed by atoms with Crippen molar-refractivity contribution in [1.29, 1.82) is 0 Å². The third kappa shape index (κ3) is 1.80. The molecule has 14 heavy (non-hydrogen) atoms. The van der Waals surface area contributed by atoms with Gasteiger partial charge in [0.1, 0.15) is 5.82 Å². The van der Waals surface area contributed by atoms with Gasteiger partial charge in [0.15, 0.2) is 0 Å². The molecule has 0 aliphatic carbocycles. The highest BCUT2D eigenvalue weighted by molar-refractivity contribution is 6.31. The van der Waals surface area contributed by atoms with Crippen molar-refractivity contribution in [2.45, 2.75) is 13.3 Å². The average molecular weight is 207 g/mol. The summed E-state index contributed by atoms with van der Waals surface area (Å²) in [6, 6.07) is 5.94. The predicted octanol–water partition coefficient (Wildman–Crippen LogP) is 2.96. The van der Waals surface area contributed by atoms with Crippen molar-refractivity contribution in [1.82, 2.24) is 9.97 Å². The van der Waals surface area contributed by atoms with Crippen molar-refractivity contribution in [2.75, 3.05) is 0 Å². The zero-order chi connectivity index (χ0) is 9.97. The molecule has 1 aromatic heterocycles. The molecule has 3 heteroatoms. The van der Waals surface area contributed by atoms with Gasteiger partial charge in [-0.3, -0.25) is 0 Å². The van der Waals surface area contributed by atoms with E-state index < -0.39 is 0 Å². The molecule has 1 N–H and O–H groups in total. The van der Waals surface area contributed by atoms with Gasteiger partial charge >= 0.3 is 0 Å². The number of nitrogens with zero attached hydrogens (tertiary/aromatic N) is 1. The van der Waals surface area contributed by atoms with Gasteiger partial charge in [0.05, 0.1) is 0 Å². The number of aromatic amines is 1. The summed E-state index contributed by atoms with van der Waals surface area (Å²) in [5.74, 6) is 0.968. The minimum absolute atomic E-state index is 0.805. The highest BCUT2D eigenvalue weighted by atomic mass is 35.5. The van der Waals surface area contributed by atoms with Gasteiger partial charge in [-0.05, 0) is 24.1 Å². The molecule has 0 spiro atoms. The summed E-state index contributed by atoms with van der Waals surface area (Å²) >= 11 is 6.02. The van der Waals surface area contributed by atoms with Crippen molar-refractivity contribution >= 4 is 11.6 Å². The fourth-order valence-corrected chi connectivity index (χ4v) is 1.61. The predicted molar refractivity (Wildman–Crippen MR) is 57.6 cm³/mol. The summed E-state index contributed by atoms with van der Waals surface area (Å²) in [6.45, 7) is 2.03. The summed E-state index contributed by atoms with van der Waals surface area (Å²) in [5.41, 5.74) is 2.35. The van der Waals surface area contributed by atoms with E-state index in [0.717, 1.165) is 22.8 Å². The molecule has 2 rings (SSSR count). The van der Waals surface area contributed by atoms with Crippen LogP contribution in [0.15, 0.2) is 30.6 Å². The fraction of sp³-hybridized carbons (Fsp3) is 0.182. The molecule has 0 bridgehead atoms. The van der Waals surface area contributed by atoms with Crippen molar-refractivity contribution < 1.29 is 0 Å². The first-order valence-corrected chi connectivity index (χ1v) is 4.87. The molecule has 2 nitrogen and oxygen atoms in total. The molecular weight excluding hydrogens is 196 g/mol. The molecule has 0 radical (unpaired) electrons. The van der Waals surface area contributed by atoms with Crippen LogP contribution < -0.4 is 0 Å². The third-order valence-electron chi connectivity index (χ3n) is 2.29. The Labute approximate surface area is 88.0 Å². The van der Waals surface area contributed by atoms with Gasteiger partial charge in [0.25, 0.3) is 0 Å². The normalized spacial score (nSPS) is 10.4. The smallest absolute Gasteiger partial charge is 0.110 e. The fourth-order valence-electron chi connectivity index (χ4n) is 1.42. The first kappa shape index (κ1) is 9.28. The Kier molecular flexibility index (Phi) is 2.55. The Morgan fingerprint density at radius 2 is 2.29 bits per heavy atom. The Balaban J connectivity index is 2.29. The maximum absolute atomic E-state index is 6.02. The number of aromatic nitrogens is 2. The maximum atomic E-state index is 6.02. The molecule has 0 saturated carbocycles. The summed E-state index contributed by atoms with van der Waals surface area (Å²) < 4.78 is 0. The second kappa shape index (κ2) is 3.84. The molecule has 0 saturated heterocycles. The largest absolute Gasteiger partial charge is 0.348 e. The first-order chi connectivity index (χ1) is 6.77. The summed E-state index contributed by atoms with van der Waals surface area (Å²) in [5, 5.41) is 0.814. The van der Waals surface area contributed by atoms with Crippen LogP contribution >= 0.6 is 11.6 Å². The Morgan fingerprint density at radius 1 is 1.43 bits per heavy atom. The first-order valence-electron chi connectivity index (χ1n) is 4.49. The van der Waals surface area contributed by atoms with Crippen LogP contribution in [0.2, 0.25) is 5.02 Å². The Hall–Kier alpha value is -1.28. The second-order valence-corrected chi connectivity index (χ2v) is 3.64. The Morgan fingerprint density at radius 3 is 3.00 bits per heavy atom. The summed E-state index contributed by atoms with van der Waals surface area (Å²) in [4.78, 5) is 7.26. The van der Waals surface area contributed by atoms with E-state index in [-0.39, 0.29) is 0 Å². The number of benzene rings is 1. The van der Waals surface area contributed by atoms with Gasteiger partial charge in [-0.2, -0.15) is 0 Å². The number of hydrogen-bond acceptors (Lipinski definition) is 1. The molecule has 0 fully saturated rings. The van der Waals surface area contributed by atoms with E-state index in [4.69, 9.17) is 11.6 Å². The zero-order valence-electron chi connectivity index (χ0n) is 7.92. The van der Waals surface area contributed by atoms with Crippen molar-refractivity contribution in [3.8, 4) is 0 Å². The lowest BCUT2D eigenvalue weighted by Crippen LogP contribution is -1.94. The van der Waals surface area contributed by atoms with Crippen LogP contribution in [0.5, 0.6) is 0 Å². The number of rotatable bonds is 2. The number of hydrogen-bond donors (Lipinski definition) is 1. The topological polar surface area (TPSA) is 28.7 Å². The minimum atomic E-state index is 0.805. The van der Waals surface area contributed by atoms with Gasteiger partial charge in [-0.1, -0.05) is 23.7 Å².